The molecular formula is C63H44N4. The average Bonchev–Trinajstić information content (AvgIpc) is 4.08. The topological polar surface area (TPSA) is 18.0 Å². The molecule has 0 spiro atoms. The summed E-state index contributed by atoms with van der Waals surface area (Å²) in [6.45, 7) is 4.73. The lowest BCUT2D eigenvalue weighted by atomic mass is 9.82. The van der Waals surface area contributed by atoms with Crippen molar-refractivity contribution < 1.29 is 0 Å². The molecular weight excluding hydrogens is 813 g/mol. The van der Waals surface area contributed by atoms with Gasteiger partial charge in [-0.15, -0.1) is 0 Å². The SMILES string of the molecule is CC1(C)c2ccccc2-c2cc3c4cc(N(c5ccccc5)c5ccc(-n6c7ccccc7c7c6ccc6c8ccccc8n(-c8ccccc8)c67)cc5)ccc4n(-c4ccccc4)c3cc21. The first-order valence-electron chi connectivity index (χ1n) is 23.3. The van der Waals surface area contributed by atoms with Gasteiger partial charge in [0, 0.05) is 71.9 Å². The summed E-state index contributed by atoms with van der Waals surface area (Å²) in [5.74, 6) is 0. The molecule has 316 valence electrons. The zero-order chi connectivity index (χ0) is 44.4. The molecule has 0 amide bonds. The quantitative estimate of drug-likeness (QED) is 0.163. The van der Waals surface area contributed by atoms with Crippen LogP contribution in [-0.4, -0.2) is 13.7 Å². The minimum atomic E-state index is -0.104. The van der Waals surface area contributed by atoms with Crippen LogP contribution in [0.2, 0.25) is 0 Å². The van der Waals surface area contributed by atoms with Gasteiger partial charge in [-0.2, -0.15) is 0 Å². The Bertz CT molecular complexity index is 4100. The minimum Gasteiger partial charge on any atom is -0.310 e. The molecule has 10 aromatic carbocycles. The number of hydrogen-bond donors (Lipinski definition) is 0. The van der Waals surface area contributed by atoms with Crippen LogP contribution in [-0.2, 0) is 5.41 Å². The second-order valence-electron chi connectivity index (χ2n) is 18.5. The Kier molecular flexibility index (Phi) is 8.00. The van der Waals surface area contributed by atoms with Crippen molar-refractivity contribution in [1.82, 2.24) is 13.7 Å². The summed E-state index contributed by atoms with van der Waals surface area (Å²) >= 11 is 0. The van der Waals surface area contributed by atoms with Crippen molar-refractivity contribution in [2.24, 2.45) is 0 Å². The molecule has 4 heteroatoms. The normalized spacial score (nSPS) is 13.0. The van der Waals surface area contributed by atoms with Gasteiger partial charge >= 0.3 is 0 Å². The van der Waals surface area contributed by atoms with E-state index in [-0.39, 0.29) is 5.41 Å². The first-order chi connectivity index (χ1) is 33.0. The Morgan fingerprint density at radius 3 is 1.58 bits per heavy atom. The van der Waals surface area contributed by atoms with Crippen LogP contribution < -0.4 is 4.90 Å². The van der Waals surface area contributed by atoms with Gasteiger partial charge in [0.15, 0.2) is 0 Å². The number of benzene rings is 10. The molecule has 0 radical (unpaired) electrons. The maximum atomic E-state index is 2.46. The number of fused-ring (bicyclic) bond motifs is 13. The summed E-state index contributed by atoms with van der Waals surface area (Å²) in [5.41, 5.74) is 19.3. The molecule has 0 saturated carbocycles. The molecule has 1 aliphatic carbocycles. The maximum absolute atomic E-state index is 2.46. The van der Waals surface area contributed by atoms with Crippen LogP contribution in [0.25, 0.3) is 93.6 Å². The van der Waals surface area contributed by atoms with Gasteiger partial charge in [0.05, 0.1) is 33.1 Å². The molecule has 4 nitrogen and oxygen atoms in total. The van der Waals surface area contributed by atoms with Crippen molar-refractivity contribution in [3.8, 4) is 28.2 Å². The average molecular weight is 857 g/mol. The number of nitrogens with zero attached hydrogens (tertiary/aromatic N) is 4. The van der Waals surface area contributed by atoms with Crippen molar-refractivity contribution in [2.45, 2.75) is 19.3 Å². The number of anilines is 3. The van der Waals surface area contributed by atoms with E-state index in [1.165, 1.54) is 87.7 Å². The lowest BCUT2D eigenvalue weighted by Crippen LogP contribution is -2.14. The standard InChI is InChI=1S/C63H44N4/c1-63(2)54-27-15-12-24-47(54)51-39-53-52-38-46(34-36-58(52)66(60(53)40-55(51)63)42-20-8-4-9-21-42)64(41-18-6-3-7-19-41)44-30-32-45(33-31-44)65-57-29-17-14-26-50(57)61-59(65)37-35-49-48-25-13-16-28-56(48)67(62(49)61)43-22-10-5-11-23-43/h3-40H,1-2H3. The summed E-state index contributed by atoms with van der Waals surface area (Å²) in [4.78, 5) is 2.40. The number of rotatable bonds is 6. The van der Waals surface area contributed by atoms with Crippen molar-refractivity contribution in [1.29, 1.82) is 0 Å². The molecule has 3 heterocycles. The molecule has 0 N–H and O–H groups in total. The highest BCUT2D eigenvalue weighted by molar-refractivity contribution is 6.26. The van der Waals surface area contributed by atoms with Crippen molar-refractivity contribution in [3.05, 3.63) is 242 Å². The van der Waals surface area contributed by atoms with Crippen LogP contribution >= 0.6 is 0 Å². The van der Waals surface area contributed by atoms with E-state index in [2.05, 4.69) is 263 Å². The molecule has 3 aromatic heterocycles. The van der Waals surface area contributed by atoms with Crippen molar-refractivity contribution in [2.75, 3.05) is 4.90 Å². The molecule has 14 rings (SSSR count). The first kappa shape index (κ1) is 37.7. The Morgan fingerprint density at radius 2 is 0.836 bits per heavy atom. The van der Waals surface area contributed by atoms with Crippen LogP contribution in [0.15, 0.2) is 231 Å². The van der Waals surface area contributed by atoms with E-state index in [0.717, 1.165) is 34.1 Å². The third kappa shape index (κ3) is 5.41. The molecule has 0 saturated heterocycles. The third-order valence-corrected chi connectivity index (χ3v) is 14.6. The minimum absolute atomic E-state index is 0.104. The fraction of sp³-hybridized carbons (Fsp3) is 0.0476. The third-order valence-electron chi connectivity index (χ3n) is 14.6. The summed E-state index contributed by atoms with van der Waals surface area (Å²) in [7, 11) is 0. The molecule has 0 aliphatic heterocycles. The van der Waals surface area contributed by atoms with E-state index >= 15 is 0 Å². The predicted molar refractivity (Wildman–Crippen MR) is 282 cm³/mol. The Hall–Kier alpha value is -8.60. The second kappa shape index (κ2) is 14.2. The molecule has 1 aliphatic rings. The van der Waals surface area contributed by atoms with Crippen LogP contribution in [0, 0.1) is 0 Å². The fourth-order valence-electron chi connectivity index (χ4n) is 11.6. The van der Waals surface area contributed by atoms with E-state index in [9.17, 15) is 0 Å². The number of hydrogen-bond acceptors (Lipinski definition) is 1. The van der Waals surface area contributed by atoms with E-state index in [0.29, 0.717) is 0 Å². The lowest BCUT2D eigenvalue weighted by molar-refractivity contribution is 0.661. The lowest BCUT2D eigenvalue weighted by Gasteiger charge is -2.26. The zero-order valence-electron chi connectivity index (χ0n) is 37.2. The Labute approximate surface area is 388 Å². The van der Waals surface area contributed by atoms with E-state index in [4.69, 9.17) is 0 Å². The number of aromatic nitrogens is 3. The highest BCUT2D eigenvalue weighted by atomic mass is 15.1. The zero-order valence-corrected chi connectivity index (χ0v) is 37.2. The van der Waals surface area contributed by atoms with E-state index < -0.39 is 0 Å². The second-order valence-corrected chi connectivity index (χ2v) is 18.5. The summed E-state index contributed by atoms with van der Waals surface area (Å²) < 4.78 is 7.34. The van der Waals surface area contributed by atoms with Crippen molar-refractivity contribution >= 4 is 82.5 Å². The van der Waals surface area contributed by atoms with Crippen LogP contribution in [0.3, 0.4) is 0 Å². The van der Waals surface area contributed by atoms with Gasteiger partial charge < -0.3 is 18.6 Å². The highest BCUT2D eigenvalue weighted by Gasteiger charge is 2.36. The fourth-order valence-corrected chi connectivity index (χ4v) is 11.6. The van der Waals surface area contributed by atoms with E-state index in [1.807, 2.05) is 0 Å². The molecule has 67 heavy (non-hydrogen) atoms. The summed E-state index contributed by atoms with van der Waals surface area (Å²) in [6.07, 6.45) is 0. The van der Waals surface area contributed by atoms with Gasteiger partial charge in [-0.25, -0.2) is 0 Å². The maximum Gasteiger partial charge on any atom is 0.0641 e. The molecule has 0 fully saturated rings. The van der Waals surface area contributed by atoms with Crippen LogP contribution in [0.4, 0.5) is 17.1 Å². The summed E-state index contributed by atoms with van der Waals surface area (Å²) in [6, 6.07) is 84.7. The monoisotopic (exact) mass is 856 g/mol. The van der Waals surface area contributed by atoms with E-state index in [1.54, 1.807) is 0 Å². The first-order valence-corrected chi connectivity index (χ1v) is 23.3. The Balaban J connectivity index is 0.959. The van der Waals surface area contributed by atoms with Gasteiger partial charge in [-0.3, -0.25) is 0 Å². The molecule has 0 bridgehead atoms. The van der Waals surface area contributed by atoms with Crippen LogP contribution in [0.5, 0.6) is 0 Å². The van der Waals surface area contributed by atoms with Gasteiger partial charge in [-0.05, 0) is 131 Å². The van der Waals surface area contributed by atoms with Gasteiger partial charge in [0.1, 0.15) is 0 Å². The van der Waals surface area contributed by atoms with Gasteiger partial charge in [0.25, 0.3) is 0 Å². The highest BCUT2D eigenvalue weighted by Crippen LogP contribution is 2.52. The Morgan fingerprint density at radius 1 is 0.313 bits per heavy atom. The molecule has 13 aromatic rings. The summed E-state index contributed by atoms with van der Waals surface area (Å²) in [5, 5.41) is 7.48. The molecule has 0 atom stereocenters. The smallest absolute Gasteiger partial charge is 0.0641 e. The van der Waals surface area contributed by atoms with Gasteiger partial charge in [-0.1, -0.05) is 135 Å². The molecule has 0 unspecified atom stereocenters. The van der Waals surface area contributed by atoms with Crippen LogP contribution in [0.1, 0.15) is 25.0 Å². The number of para-hydroxylation sites is 5. The largest absolute Gasteiger partial charge is 0.310 e. The predicted octanol–water partition coefficient (Wildman–Crippen LogP) is 16.8. The van der Waals surface area contributed by atoms with Crippen molar-refractivity contribution in [3.63, 3.8) is 0 Å². The van der Waals surface area contributed by atoms with Gasteiger partial charge in [0.2, 0.25) is 0 Å².